The van der Waals surface area contributed by atoms with Gasteiger partial charge in [-0.3, -0.25) is 14.9 Å². The summed E-state index contributed by atoms with van der Waals surface area (Å²) in [5.41, 5.74) is 10.0. The number of amides is 1. The van der Waals surface area contributed by atoms with Crippen LogP contribution < -0.4 is 5.48 Å². The smallest absolute Gasteiger partial charge is 0.267 e. The molecule has 4 N–H and O–H groups in total. The Kier molecular flexibility index (Phi) is 6.77. The van der Waals surface area contributed by atoms with Gasteiger partial charge in [0.1, 0.15) is 0 Å². The first kappa shape index (κ1) is 23.4. The number of aromatic nitrogens is 2. The van der Waals surface area contributed by atoms with Crippen LogP contribution in [0.2, 0.25) is 5.02 Å². The summed E-state index contributed by atoms with van der Waals surface area (Å²) in [7, 11) is 0. The highest BCUT2D eigenvalue weighted by atomic mass is 35.5. The monoisotopic (exact) mass is 488 g/mol. The second-order valence-electron chi connectivity index (χ2n) is 9.21. The predicted octanol–water partition coefficient (Wildman–Crippen LogP) is 5.71. The van der Waals surface area contributed by atoms with Crippen LogP contribution in [-0.4, -0.2) is 32.5 Å². The molecule has 180 valence electrons. The molecule has 0 spiro atoms. The first-order valence-electron chi connectivity index (χ1n) is 11.9. The Bertz CT molecular complexity index is 1390. The highest BCUT2D eigenvalue weighted by Gasteiger charge is 2.28. The minimum absolute atomic E-state index is 0.326. The molecule has 6 nitrogen and oxygen atoms in total. The molecule has 1 aliphatic rings. The van der Waals surface area contributed by atoms with Crippen LogP contribution in [0.15, 0.2) is 60.8 Å². The van der Waals surface area contributed by atoms with E-state index >= 15 is 0 Å². The Labute approximate surface area is 209 Å². The van der Waals surface area contributed by atoms with Crippen molar-refractivity contribution in [2.75, 3.05) is 6.54 Å². The lowest BCUT2D eigenvalue weighted by Gasteiger charge is -2.29. The Balaban J connectivity index is 1.38. The first-order valence-corrected chi connectivity index (χ1v) is 12.3. The molecule has 0 aliphatic heterocycles. The zero-order chi connectivity index (χ0) is 24.4. The molecule has 0 radical (unpaired) electrons. The van der Waals surface area contributed by atoms with Crippen molar-refractivity contribution >= 4 is 34.5 Å². The van der Waals surface area contributed by atoms with E-state index in [0.717, 1.165) is 48.5 Å². The first-order chi connectivity index (χ1) is 17.0. The standard InChI is InChI=1S/C28H29ClN4O2/c1-18-2-7-23(31-18)17-33(13-12-21-16-30-26-15-22(29)6-9-24(21)26)27-10-5-20-14-19(3-8-25(20)27)4-11-28(34)32-35/h2-4,6-9,11,14-16,27,30-31,35H,5,10,12-13,17H2,1H3,(H,32,34). The van der Waals surface area contributed by atoms with Crippen LogP contribution in [0.3, 0.4) is 0 Å². The number of hydroxylamine groups is 1. The van der Waals surface area contributed by atoms with Gasteiger partial charge in [-0.05, 0) is 78.8 Å². The lowest BCUT2D eigenvalue weighted by Crippen LogP contribution is -2.29. The Morgan fingerprint density at radius 1 is 1.23 bits per heavy atom. The summed E-state index contributed by atoms with van der Waals surface area (Å²) in [5.74, 6) is -0.532. The summed E-state index contributed by atoms with van der Waals surface area (Å²) in [4.78, 5) is 20.8. The average Bonchev–Trinajstić information content (AvgIpc) is 3.58. The summed E-state index contributed by atoms with van der Waals surface area (Å²) >= 11 is 6.17. The van der Waals surface area contributed by atoms with E-state index in [-0.39, 0.29) is 0 Å². The number of benzene rings is 2. The van der Waals surface area contributed by atoms with E-state index in [4.69, 9.17) is 16.8 Å². The maximum atomic E-state index is 11.3. The van der Waals surface area contributed by atoms with Gasteiger partial charge in [-0.25, -0.2) is 5.48 Å². The second kappa shape index (κ2) is 10.1. The van der Waals surface area contributed by atoms with Crippen molar-refractivity contribution in [3.63, 3.8) is 0 Å². The normalized spacial score (nSPS) is 15.4. The third-order valence-electron chi connectivity index (χ3n) is 6.85. The molecule has 5 rings (SSSR count). The number of carbonyl (C=O) groups excluding carboxylic acids is 1. The molecule has 7 heteroatoms. The molecule has 1 unspecified atom stereocenters. The zero-order valence-electron chi connectivity index (χ0n) is 19.6. The van der Waals surface area contributed by atoms with Gasteiger partial charge in [0.25, 0.3) is 5.91 Å². The molecule has 2 aromatic heterocycles. The number of hydrogen-bond acceptors (Lipinski definition) is 3. The van der Waals surface area contributed by atoms with Crippen LogP contribution >= 0.6 is 11.6 Å². The maximum Gasteiger partial charge on any atom is 0.267 e. The molecule has 0 saturated carbocycles. The van der Waals surface area contributed by atoms with Crippen molar-refractivity contribution in [3.05, 3.63) is 99.5 Å². The zero-order valence-corrected chi connectivity index (χ0v) is 20.4. The van der Waals surface area contributed by atoms with E-state index in [1.807, 2.05) is 18.2 Å². The van der Waals surface area contributed by atoms with E-state index in [9.17, 15) is 4.79 Å². The molecule has 35 heavy (non-hydrogen) atoms. The van der Waals surface area contributed by atoms with Gasteiger partial charge >= 0.3 is 0 Å². The number of aryl methyl sites for hydroxylation is 2. The van der Waals surface area contributed by atoms with Crippen molar-refractivity contribution in [3.8, 4) is 0 Å². The highest BCUT2D eigenvalue weighted by Crippen LogP contribution is 2.37. The number of nitrogens with zero attached hydrogens (tertiary/aromatic N) is 1. The fourth-order valence-corrected chi connectivity index (χ4v) is 5.33. The fraction of sp³-hybridized carbons (Fsp3) is 0.250. The van der Waals surface area contributed by atoms with Gasteiger partial charge in [-0.15, -0.1) is 0 Å². The third-order valence-corrected chi connectivity index (χ3v) is 7.09. The van der Waals surface area contributed by atoms with Gasteiger partial charge in [0.15, 0.2) is 0 Å². The lowest BCUT2D eigenvalue weighted by molar-refractivity contribution is -0.124. The minimum Gasteiger partial charge on any atom is -0.361 e. The SMILES string of the molecule is Cc1ccc(CN(CCc2c[nH]c3cc(Cl)ccc23)C2CCc3cc(C=CC(=O)NO)ccc32)[nH]1. The molecule has 2 heterocycles. The second-order valence-corrected chi connectivity index (χ2v) is 9.65. The average molecular weight is 489 g/mol. The van der Waals surface area contributed by atoms with Crippen LogP contribution in [0.25, 0.3) is 17.0 Å². The Hall–Kier alpha value is -3.32. The van der Waals surface area contributed by atoms with Gasteiger partial charge in [-0.1, -0.05) is 35.9 Å². The molecule has 1 atom stereocenters. The largest absolute Gasteiger partial charge is 0.361 e. The van der Waals surface area contributed by atoms with Crippen molar-refractivity contribution in [1.82, 2.24) is 20.3 Å². The summed E-state index contributed by atoms with van der Waals surface area (Å²) in [6, 6.07) is 17.0. The lowest BCUT2D eigenvalue weighted by atomic mass is 10.0. The number of carbonyl (C=O) groups is 1. The Morgan fingerprint density at radius 2 is 2.11 bits per heavy atom. The van der Waals surface area contributed by atoms with E-state index in [0.29, 0.717) is 6.04 Å². The third kappa shape index (κ3) is 5.20. The maximum absolute atomic E-state index is 11.3. The van der Waals surface area contributed by atoms with Crippen LogP contribution in [0.1, 0.15) is 46.1 Å². The van der Waals surface area contributed by atoms with E-state index in [1.54, 1.807) is 11.6 Å². The van der Waals surface area contributed by atoms with Crippen LogP contribution in [0.4, 0.5) is 0 Å². The summed E-state index contributed by atoms with van der Waals surface area (Å²) in [5, 5.41) is 10.7. The van der Waals surface area contributed by atoms with Crippen molar-refractivity contribution in [2.45, 2.75) is 38.8 Å². The van der Waals surface area contributed by atoms with E-state index < -0.39 is 5.91 Å². The predicted molar refractivity (Wildman–Crippen MR) is 139 cm³/mol. The minimum atomic E-state index is -0.532. The number of aromatic amines is 2. The number of halogens is 1. The van der Waals surface area contributed by atoms with Gasteiger partial charge in [0, 0.05) is 58.7 Å². The molecule has 0 saturated heterocycles. The highest BCUT2D eigenvalue weighted by molar-refractivity contribution is 6.31. The molecule has 1 aliphatic carbocycles. The number of hydrogen-bond donors (Lipinski definition) is 4. The molecule has 0 fully saturated rings. The molecular formula is C28H29ClN4O2. The van der Waals surface area contributed by atoms with Crippen LogP contribution in [0, 0.1) is 6.92 Å². The topological polar surface area (TPSA) is 84.2 Å². The van der Waals surface area contributed by atoms with E-state index in [1.165, 1.54) is 39.5 Å². The summed E-state index contributed by atoms with van der Waals surface area (Å²) in [6.45, 7) is 3.86. The van der Waals surface area contributed by atoms with Gasteiger partial charge in [0.2, 0.25) is 0 Å². The van der Waals surface area contributed by atoms with Crippen LogP contribution in [0.5, 0.6) is 0 Å². The molecular weight excluding hydrogens is 460 g/mol. The Morgan fingerprint density at radius 3 is 2.91 bits per heavy atom. The number of rotatable bonds is 8. The molecule has 1 amide bonds. The van der Waals surface area contributed by atoms with E-state index in [2.05, 4.69) is 58.3 Å². The molecule has 0 bridgehead atoms. The molecule has 2 aromatic carbocycles. The summed E-state index contributed by atoms with van der Waals surface area (Å²) in [6.07, 6.45) is 8.15. The number of nitrogens with one attached hydrogen (secondary N) is 3. The van der Waals surface area contributed by atoms with Gasteiger partial charge in [0.05, 0.1) is 0 Å². The van der Waals surface area contributed by atoms with Crippen LogP contribution in [-0.2, 0) is 24.2 Å². The van der Waals surface area contributed by atoms with Gasteiger partial charge in [-0.2, -0.15) is 0 Å². The van der Waals surface area contributed by atoms with Crippen molar-refractivity contribution in [1.29, 1.82) is 0 Å². The summed E-state index contributed by atoms with van der Waals surface area (Å²) < 4.78 is 0. The van der Waals surface area contributed by atoms with Crippen molar-refractivity contribution < 1.29 is 10.0 Å². The quantitative estimate of drug-likeness (QED) is 0.146. The number of fused-ring (bicyclic) bond motifs is 2. The molecule has 4 aromatic rings. The number of H-pyrrole nitrogens is 2. The van der Waals surface area contributed by atoms with Crippen molar-refractivity contribution in [2.24, 2.45) is 0 Å². The van der Waals surface area contributed by atoms with Gasteiger partial charge < -0.3 is 9.97 Å². The fourth-order valence-electron chi connectivity index (χ4n) is 5.15.